The molecule has 0 fully saturated rings. The maximum Gasteiger partial charge on any atom is 0.452 e. The molecule has 0 N–H and O–H groups in total. The van der Waals surface area contributed by atoms with E-state index in [2.05, 4.69) is 9.68 Å². The summed E-state index contributed by atoms with van der Waals surface area (Å²) in [5, 5.41) is 2.94. The molecule has 0 saturated heterocycles. The third-order valence-corrected chi connectivity index (χ3v) is 4.02. The van der Waals surface area contributed by atoms with Gasteiger partial charge in [0, 0.05) is 23.8 Å². The van der Waals surface area contributed by atoms with Crippen molar-refractivity contribution in [2.24, 2.45) is 0 Å². The lowest BCUT2D eigenvalue weighted by Gasteiger charge is -2.14. The van der Waals surface area contributed by atoms with Gasteiger partial charge in [-0.15, -0.1) is 0 Å². The zero-order valence-corrected chi connectivity index (χ0v) is 12.0. The van der Waals surface area contributed by atoms with Crippen molar-refractivity contribution in [1.82, 2.24) is 5.16 Å². The van der Waals surface area contributed by atoms with Crippen LogP contribution in [0, 0.1) is 11.6 Å². The van der Waals surface area contributed by atoms with Gasteiger partial charge in [-0.2, -0.15) is 26.3 Å². The van der Waals surface area contributed by atoms with Gasteiger partial charge < -0.3 is 9.08 Å². The zero-order chi connectivity index (χ0) is 18.3. The van der Waals surface area contributed by atoms with E-state index in [1.54, 1.807) is 0 Å². The molecule has 1 aromatic carbocycles. The Labute approximate surface area is 131 Å². The summed E-state index contributed by atoms with van der Waals surface area (Å²) in [5.74, 6) is -6.42. The molecule has 0 spiro atoms. The van der Waals surface area contributed by atoms with E-state index in [0.29, 0.717) is 6.07 Å². The van der Waals surface area contributed by atoms with Crippen LogP contribution in [0.5, 0.6) is 0 Å². The van der Waals surface area contributed by atoms with Crippen molar-refractivity contribution in [3.63, 3.8) is 0 Å². The van der Waals surface area contributed by atoms with E-state index in [1.165, 1.54) is 0 Å². The number of rotatable bonds is 3. The normalized spacial score (nSPS) is 14.0. The molecule has 0 aliphatic carbocycles. The van der Waals surface area contributed by atoms with Crippen molar-refractivity contribution in [3.05, 3.63) is 35.6 Å². The van der Waals surface area contributed by atoms with Crippen LogP contribution in [-0.2, 0) is 17.4 Å². The molecular formula is C12H5F8NO2S. The van der Waals surface area contributed by atoms with Crippen molar-refractivity contribution in [3.8, 4) is 11.3 Å². The van der Waals surface area contributed by atoms with Crippen LogP contribution in [0.2, 0.25) is 0 Å². The first kappa shape index (κ1) is 18.5. The quantitative estimate of drug-likeness (QED) is 0.590. The van der Waals surface area contributed by atoms with Gasteiger partial charge in [0.25, 0.3) is 0 Å². The number of aromatic nitrogens is 1. The molecule has 1 heterocycles. The molecule has 0 bridgehead atoms. The predicted octanol–water partition coefficient (Wildman–Crippen LogP) is 4.31. The highest BCUT2D eigenvalue weighted by Crippen LogP contribution is 2.34. The van der Waals surface area contributed by atoms with E-state index in [4.69, 9.17) is 0 Å². The Kier molecular flexibility index (Phi) is 4.81. The Morgan fingerprint density at radius 2 is 1.62 bits per heavy atom. The van der Waals surface area contributed by atoms with Crippen LogP contribution in [0.25, 0.3) is 11.3 Å². The molecule has 0 aliphatic rings. The second-order valence-corrected chi connectivity index (χ2v) is 5.86. The summed E-state index contributed by atoms with van der Waals surface area (Å²) < 4.78 is 117. The van der Waals surface area contributed by atoms with Gasteiger partial charge in [0.05, 0.1) is 0 Å². The van der Waals surface area contributed by atoms with Gasteiger partial charge in [0.2, 0.25) is 11.5 Å². The zero-order valence-electron chi connectivity index (χ0n) is 11.1. The number of benzene rings is 1. The standard InChI is InChI=1S/C12H5F8NO2S/c13-6-2-7(14)9(24(22)4-11(15,16)17)1-5(6)8-3-10(23-21-8)12(18,19)20/h1-3H,4H2. The van der Waals surface area contributed by atoms with Gasteiger partial charge in [0.1, 0.15) is 11.5 Å². The van der Waals surface area contributed by atoms with Crippen LogP contribution < -0.4 is 0 Å². The first-order chi connectivity index (χ1) is 10.9. The first-order valence-corrected chi connectivity index (χ1v) is 7.19. The van der Waals surface area contributed by atoms with Crippen LogP contribution in [0.3, 0.4) is 0 Å². The monoisotopic (exact) mass is 379 g/mol. The van der Waals surface area contributed by atoms with Crippen molar-refractivity contribution < 1.29 is 44.2 Å². The predicted molar refractivity (Wildman–Crippen MR) is 64.2 cm³/mol. The highest BCUT2D eigenvalue weighted by Gasteiger charge is 2.38. The maximum absolute atomic E-state index is 13.7. The van der Waals surface area contributed by atoms with Gasteiger partial charge >= 0.3 is 12.4 Å². The lowest BCUT2D eigenvalue weighted by molar-refractivity contribution is -0.155. The highest BCUT2D eigenvalue weighted by molar-refractivity contribution is 7.91. The lowest BCUT2D eigenvalue weighted by Crippen LogP contribution is -2.23. The Bertz CT molecular complexity index is 740. The molecule has 0 amide bonds. The molecule has 1 aromatic heterocycles. The Morgan fingerprint density at radius 1 is 1.00 bits per heavy atom. The van der Waals surface area contributed by atoms with E-state index in [9.17, 15) is 39.7 Å². The molecule has 3 nitrogen and oxygen atoms in total. The smallest absolute Gasteiger partial charge is 0.452 e. The van der Waals surface area contributed by atoms with E-state index >= 15 is 0 Å². The van der Waals surface area contributed by atoms with Crippen molar-refractivity contribution in [2.45, 2.75) is 17.2 Å². The second-order valence-electron chi connectivity index (χ2n) is 4.44. The van der Waals surface area contributed by atoms with Crippen LogP contribution >= 0.6 is 0 Å². The van der Waals surface area contributed by atoms with Crippen LogP contribution in [0.4, 0.5) is 35.1 Å². The third-order valence-electron chi connectivity index (χ3n) is 2.63. The number of hydrogen-bond acceptors (Lipinski definition) is 3. The SMILES string of the molecule is [O-][S+](CC(F)(F)F)c1cc(-c2cc(C(F)(F)F)on2)c(F)cc1F. The van der Waals surface area contributed by atoms with E-state index < -0.39 is 62.8 Å². The molecule has 0 radical (unpaired) electrons. The van der Waals surface area contributed by atoms with Gasteiger partial charge in [-0.3, -0.25) is 0 Å². The fourth-order valence-electron chi connectivity index (χ4n) is 1.66. The average molecular weight is 379 g/mol. The minimum Gasteiger partial charge on any atom is -0.611 e. The van der Waals surface area contributed by atoms with Crippen molar-refractivity contribution in [2.75, 3.05) is 5.75 Å². The van der Waals surface area contributed by atoms with Crippen LogP contribution in [-0.4, -0.2) is 21.6 Å². The fraction of sp³-hybridized carbons (Fsp3) is 0.250. The summed E-state index contributed by atoms with van der Waals surface area (Å²) >= 11 is -2.91. The molecule has 12 heteroatoms. The largest absolute Gasteiger partial charge is 0.611 e. The number of halogens is 8. The van der Waals surface area contributed by atoms with Gasteiger partial charge in [-0.1, -0.05) is 5.16 Å². The summed E-state index contributed by atoms with van der Waals surface area (Å²) in [7, 11) is 0. The topological polar surface area (TPSA) is 49.1 Å². The van der Waals surface area contributed by atoms with Gasteiger partial charge in [-0.05, 0) is 11.2 Å². The van der Waals surface area contributed by atoms with Crippen molar-refractivity contribution >= 4 is 11.2 Å². The molecule has 1 atom stereocenters. The summed E-state index contributed by atoms with van der Waals surface area (Å²) in [6.07, 6.45) is -9.81. The summed E-state index contributed by atoms with van der Waals surface area (Å²) in [4.78, 5) is -1.01. The first-order valence-electron chi connectivity index (χ1n) is 5.87. The molecule has 132 valence electrons. The number of nitrogens with zero attached hydrogens (tertiary/aromatic N) is 1. The minimum atomic E-state index is -4.93. The third kappa shape index (κ3) is 4.17. The lowest BCUT2D eigenvalue weighted by atomic mass is 10.1. The minimum absolute atomic E-state index is 0.112. The molecule has 24 heavy (non-hydrogen) atoms. The Morgan fingerprint density at radius 3 is 2.12 bits per heavy atom. The molecular weight excluding hydrogens is 374 g/mol. The maximum atomic E-state index is 13.7. The summed E-state index contributed by atoms with van der Waals surface area (Å²) in [6.45, 7) is 0. The Balaban J connectivity index is 2.45. The second kappa shape index (κ2) is 6.24. The van der Waals surface area contributed by atoms with Crippen LogP contribution in [0.1, 0.15) is 5.76 Å². The summed E-state index contributed by atoms with van der Waals surface area (Å²) in [5.41, 5.74) is -1.51. The van der Waals surface area contributed by atoms with Crippen LogP contribution in [0.15, 0.2) is 27.6 Å². The van der Waals surface area contributed by atoms with E-state index in [1.807, 2.05) is 0 Å². The molecule has 0 aliphatic heterocycles. The van der Waals surface area contributed by atoms with Gasteiger partial charge in [-0.25, -0.2) is 8.78 Å². The highest BCUT2D eigenvalue weighted by atomic mass is 32.2. The molecule has 2 aromatic rings. The fourth-order valence-corrected chi connectivity index (χ4v) is 2.64. The molecule has 0 saturated carbocycles. The van der Waals surface area contributed by atoms with Gasteiger partial charge in [0.15, 0.2) is 10.7 Å². The molecule has 2 rings (SSSR count). The average Bonchev–Trinajstić information content (AvgIpc) is 2.85. The van der Waals surface area contributed by atoms with Crippen molar-refractivity contribution in [1.29, 1.82) is 0 Å². The molecule has 1 unspecified atom stereocenters. The van der Waals surface area contributed by atoms with E-state index in [-0.39, 0.29) is 12.1 Å². The number of alkyl halides is 6. The van der Waals surface area contributed by atoms with E-state index in [0.717, 1.165) is 0 Å². The number of hydrogen-bond donors (Lipinski definition) is 0. The Hall–Kier alpha value is -1.82. The summed E-state index contributed by atoms with van der Waals surface area (Å²) in [6, 6.07) is 0.804.